The Kier molecular flexibility index (Phi) is 3.89. The van der Waals surface area contributed by atoms with Crippen LogP contribution in [0.25, 0.3) is 0 Å². The Morgan fingerprint density at radius 2 is 2.00 bits per heavy atom. The second-order valence-corrected chi connectivity index (χ2v) is 4.59. The molecule has 1 aromatic rings. The largest absolute Gasteiger partial charge is 0.419 e. The molecule has 1 aliphatic carbocycles. The van der Waals surface area contributed by atoms with Crippen molar-refractivity contribution >= 4 is 5.78 Å². The Morgan fingerprint density at radius 3 is 2.53 bits per heavy atom. The molecule has 0 atom stereocenters. The van der Waals surface area contributed by atoms with Crippen molar-refractivity contribution < 1.29 is 22.4 Å². The Bertz CT molecular complexity index is 480. The van der Waals surface area contributed by atoms with Gasteiger partial charge < -0.3 is 5.32 Å². The molecule has 2 nitrogen and oxygen atoms in total. The van der Waals surface area contributed by atoms with Crippen LogP contribution in [0.2, 0.25) is 0 Å². The molecule has 2 rings (SSSR count). The summed E-state index contributed by atoms with van der Waals surface area (Å²) in [7, 11) is 0. The number of carbonyl (C=O) groups is 1. The first-order chi connectivity index (χ1) is 8.88. The van der Waals surface area contributed by atoms with Crippen LogP contribution in [0.4, 0.5) is 17.6 Å². The molecule has 0 aromatic heterocycles. The molecule has 0 heterocycles. The number of halogens is 4. The van der Waals surface area contributed by atoms with Gasteiger partial charge in [-0.2, -0.15) is 13.2 Å². The highest BCUT2D eigenvalue weighted by Gasteiger charge is 2.34. The molecule has 1 fully saturated rings. The van der Waals surface area contributed by atoms with E-state index in [0.717, 1.165) is 18.9 Å². The zero-order valence-electron chi connectivity index (χ0n) is 10.1. The van der Waals surface area contributed by atoms with Gasteiger partial charge in [0.05, 0.1) is 5.56 Å². The maximum absolute atomic E-state index is 13.3. The van der Waals surface area contributed by atoms with E-state index in [1.807, 2.05) is 0 Å². The van der Waals surface area contributed by atoms with Gasteiger partial charge in [0.25, 0.3) is 0 Å². The highest BCUT2D eigenvalue weighted by atomic mass is 19.4. The number of carbonyl (C=O) groups excluding carboxylic acids is 1. The number of ketones is 1. The van der Waals surface area contributed by atoms with Gasteiger partial charge in [-0.3, -0.25) is 4.79 Å². The lowest BCUT2D eigenvalue weighted by Gasteiger charge is -2.09. The summed E-state index contributed by atoms with van der Waals surface area (Å²) in [5, 5.41) is 3.11. The van der Waals surface area contributed by atoms with E-state index in [1.165, 1.54) is 0 Å². The molecule has 0 bridgehead atoms. The first-order valence-electron chi connectivity index (χ1n) is 6.01. The van der Waals surface area contributed by atoms with Crippen molar-refractivity contribution in [3.63, 3.8) is 0 Å². The van der Waals surface area contributed by atoms with Crippen LogP contribution in [0.3, 0.4) is 0 Å². The molecule has 1 N–H and O–H groups in total. The maximum atomic E-state index is 13.3. The summed E-state index contributed by atoms with van der Waals surface area (Å²) in [4.78, 5) is 11.7. The minimum Gasteiger partial charge on any atom is -0.314 e. The maximum Gasteiger partial charge on any atom is 0.419 e. The second-order valence-electron chi connectivity index (χ2n) is 4.59. The SMILES string of the molecule is O=C(CCNC1CC1)c1ccc(C(F)(F)F)c(F)c1. The smallest absolute Gasteiger partial charge is 0.314 e. The van der Waals surface area contributed by atoms with Crippen LogP contribution < -0.4 is 5.32 Å². The average Bonchev–Trinajstić information content (AvgIpc) is 3.11. The highest BCUT2D eigenvalue weighted by Crippen LogP contribution is 2.31. The fraction of sp³-hybridized carbons (Fsp3) is 0.462. The van der Waals surface area contributed by atoms with Crippen LogP contribution in [0.5, 0.6) is 0 Å². The molecule has 1 aliphatic rings. The lowest BCUT2D eigenvalue weighted by atomic mass is 10.1. The van der Waals surface area contributed by atoms with Crippen molar-refractivity contribution in [2.75, 3.05) is 6.54 Å². The van der Waals surface area contributed by atoms with Crippen molar-refractivity contribution in [2.45, 2.75) is 31.5 Å². The Labute approximate surface area is 107 Å². The minimum absolute atomic E-state index is 0.0249. The monoisotopic (exact) mass is 275 g/mol. The topological polar surface area (TPSA) is 29.1 Å². The number of alkyl halides is 3. The van der Waals surface area contributed by atoms with E-state index in [2.05, 4.69) is 5.32 Å². The molecule has 0 spiro atoms. The molecule has 19 heavy (non-hydrogen) atoms. The standard InChI is InChI=1S/C13H13F4NO/c14-11-7-8(1-4-10(11)13(15,16)17)12(19)5-6-18-9-2-3-9/h1,4,7,9,18H,2-3,5-6H2. The summed E-state index contributed by atoms with van der Waals surface area (Å²) < 4.78 is 50.3. The van der Waals surface area contributed by atoms with Crippen LogP contribution in [0, 0.1) is 5.82 Å². The Balaban J connectivity index is 1.99. The van der Waals surface area contributed by atoms with E-state index in [-0.39, 0.29) is 17.8 Å². The highest BCUT2D eigenvalue weighted by molar-refractivity contribution is 5.96. The van der Waals surface area contributed by atoms with Crippen LogP contribution in [0.1, 0.15) is 35.2 Å². The molecule has 0 unspecified atom stereocenters. The van der Waals surface area contributed by atoms with Crippen molar-refractivity contribution in [2.24, 2.45) is 0 Å². The van der Waals surface area contributed by atoms with Gasteiger partial charge in [-0.25, -0.2) is 4.39 Å². The summed E-state index contributed by atoms with van der Waals surface area (Å²) in [6, 6.07) is 2.74. The summed E-state index contributed by atoms with van der Waals surface area (Å²) in [6.07, 6.45) is -2.41. The Hall–Kier alpha value is -1.43. The number of hydrogen-bond donors (Lipinski definition) is 1. The van der Waals surface area contributed by atoms with Crippen LogP contribution in [0.15, 0.2) is 18.2 Å². The van der Waals surface area contributed by atoms with Crippen molar-refractivity contribution in [3.05, 3.63) is 35.1 Å². The van der Waals surface area contributed by atoms with Gasteiger partial charge >= 0.3 is 6.18 Å². The lowest BCUT2D eigenvalue weighted by Crippen LogP contribution is -2.20. The van der Waals surface area contributed by atoms with E-state index in [1.54, 1.807) is 0 Å². The van der Waals surface area contributed by atoms with Crippen LogP contribution in [-0.4, -0.2) is 18.4 Å². The van der Waals surface area contributed by atoms with Gasteiger partial charge in [0.15, 0.2) is 5.78 Å². The fourth-order valence-corrected chi connectivity index (χ4v) is 1.74. The van der Waals surface area contributed by atoms with Crippen LogP contribution >= 0.6 is 0 Å². The lowest BCUT2D eigenvalue weighted by molar-refractivity contribution is -0.140. The first-order valence-corrected chi connectivity index (χ1v) is 6.01. The molecule has 104 valence electrons. The van der Waals surface area contributed by atoms with Gasteiger partial charge in [-0.15, -0.1) is 0 Å². The molecular formula is C13H13F4NO. The number of Topliss-reactive ketones (excluding diaryl/α,β-unsaturated/α-hetero) is 1. The van der Waals surface area contributed by atoms with Gasteiger partial charge in [0.2, 0.25) is 0 Å². The molecular weight excluding hydrogens is 262 g/mol. The Morgan fingerprint density at radius 1 is 1.32 bits per heavy atom. The van der Waals surface area contributed by atoms with Crippen molar-refractivity contribution in [1.29, 1.82) is 0 Å². The third-order valence-electron chi connectivity index (χ3n) is 2.96. The number of benzene rings is 1. The number of rotatable bonds is 5. The average molecular weight is 275 g/mol. The molecule has 6 heteroatoms. The third kappa shape index (κ3) is 3.76. The predicted octanol–water partition coefficient (Wildman–Crippen LogP) is 3.17. The molecule has 0 amide bonds. The van der Waals surface area contributed by atoms with Gasteiger partial charge in [0, 0.05) is 24.6 Å². The minimum atomic E-state index is -4.74. The zero-order valence-corrected chi connectivity index (χ0v) is 10.1. The predicted molar refractivity (Wildman–Crippen MR) is 61.4 cm³/mol. The van der Waals surface area contributed by atoms with E-state index in [9.17, 15) is 22.4 Å². The summed E-state index contributed by atoms with van der Waals surface area (Å²) in [5.74, 6) is -1.77. The van der Waals surface area contributed by atoms with E-state index >= 15 is 0 Å². The van der Waals surface area contributed by atoms with E-state index < -0.39 is 17.6 Å². The quantitative estimate of drug-likeness (QED) is 0.660. The van der Waals surface area contributed by atoms with Crippen LogP contribution in [-0.2, 0) is 6.18 Å². The number of nitrogens with one attached hydrogen (secondary N) is 1. The van der Waals surface area contributed by atoms with Gasteiger partial charge in [0.1, 0.15) is 5.82 Å². The summed E-state index contributed by atoms with van der Waals surface area (Å²) in [6.45, 7) is 0.464. The van der Waals surface area contributed by atoms with Crippen molar-refractivity contribution in [1.82, 2.24) is 5.32 Å². The molecule has 1 aromatic carbocycles. The molecule has 0 aliphatic heterocycles. The number of hydrogen-bond acceptors (Lipinski definition) is 2. The summed E-state index contributed by atoms with van der Waals surface area (Å²) in [5.41, 5.74) is -1.37. The normalized spacial score (nSPS) is 15.6. The van der Waals surface area contributed by atoms with E-state index in [4.69, 9.17) is 0 Å². The molecule has 0 radical (unpaired) electrons. The third-order valence-corrected chi connectivity index (χ3v) is 2.96. The fourth-order valence-electron chi connectivity index (χ4n) is 1.74. The van der Waals surface area contributed by atoms with Gasteiger partial charge in [-0.1, -0.05) is 6.07 Å². The first kappa shape index (κ1) is 14.0. The zero-order chi connectivity index (χ0) is 14.0. The van der Waals surface area contributed by atoms with Gasteiger partial charge in [-0.05, 0) is 25.0 Å². The van der Waals surface area contributed by atoms with E-state index in [0.29, 0.717) is 24.7 Å². The second kappa shape index (κ2) is 5.28. The van der Waals surface area contributed by atoms with Crippen molar-refractivity contribution in [3.8, 4) is 0 Å². The molecule has 1 saturated carbocycles. The summed E-state index contributed by atoms with van der Waals surface area (Å²) >= 11 is 0. The molecule has 0 saturated heterocycles.